The van der Waals surface area contributed by atoms with Crippen LogP contribution in [0.1, 0.15) is 39.2 Å². The quantitative estimate of drug-likeness (QED) is 0.632. The molecule has 0 spiro atoms. The number of hydrogen-bond acceptors (Lipinski definition) is 3. The van der Waals surface area contributed by atoms with Crippen molar-refractivity contribution in [1.29, 1.82) is 0 Å². The molecule has 3 nitrogen and oxygen atoms in total. The Bertz CT molecular complexity index is 581. The van der Waals surface area contributed by atoms with Crippen molar-refractivity contribution in [3.8, 4) is 0 Å². The van der Waals surface area contributed by atoms with Gasteiger partial charge in [-0.05, 0) is 57.7 Å². The van der Waals surface area contributed by atoms with E-state index in [9.17, 15) is 0 Å². The van der Waals surface area contributed by atoms with Crippen molar-refractivity contribution in [3.63, 3.8) is 0 Å². The summed E-state index contributed by atoms with van der Waals surface area (Å²) in [5, 5.41) is 0. The van der Waals surface area contributed by atoms with E-state index in [-0.39, 0.29) is 18.8 Å². The van der Waals surface area contributed by atoms with E-state index in [1.165, 1.54) is 17.4 Å². The molecule has 1 saturated heterocycles. The summed E-state index contributed by atoms with van der Waals surface area (Å²) in [6.45, 7) is 8.03. The van der Waals surface area contributed by atoms with Crippen LogP contribution in [0.25, 0.3) is 0 Å². The Labute approximate surface area is 134 Å². The molecule has 22 heavy (non-hydrogen) atoms. The van der Waals surface area contributed by atoms with Gasteiger partial charge in [-0.2, -0.15) is 23.2 Å². The van der Waals surface area contributed by atoms with Gasteiger partial charge in [0.05, 0.1) is 11.7 Å². The lowest BCUT2D eigenvalue weighted by Crippen LogP contribution is -2.65. The average molecular weight is 300 g/mol. The first-order chi connectivity index (χ1) is 10.3. The third-order valence-corrected chi connectivity index (χ3v) is 6.63. The molecule has 1 heterocycles. The van der Waals surface area contributed by atoms with Crippen LogP contribution in [0.5, 0.6) is 0 Å². The van der Waals surface area contributed by atoms with Crippen LogP contribution in [-0.2, 0) is 15.9 Å². The standard InChI is InChI=1S/C18H27BNO2/c1-17(2)13-9-15(17)18(3)16(10-13)21-19(22-18)14-8-6-7-12(14)11-20(4)5/h6-8,13,15-16H,9-11H2,1-5H3/q-1. The summed E-state index contributed by atoms with van der Waals surface area (Å²) >= 11 is 0. The van der Waals surface area contributed by atoms with Crippen molar-refractivity contribution in [1.82, 2.24) is 4.90 Å². The molecule has 4 aliphatic rings. The summed E-state index contributed by atoms with van der Waals surface area (Å²) in [5.41, 5.74) is 2.83. The van der Waals surface area contributed by atoms with Crippen LogP contribution < -0.4 is 5.46 Å². The normalized spacial score (nSPS) is 39.0. The highest BCUT2D eigenvalue weighted by Crippen LogP contribution is 2.65. The van der Waals surface area contributed by atoms with E-state index < -0.39 is 0 Å². The molecule has 5 rings (SSSR count). The van der Waals surface area contributed by atoms with E-state index in [4.69, 9.17) is 9.31 Å². The fourth-order valence-corrected chi connectivity index (χ4v) is 5.18. The van der Waals surface area contributed by atoms with Gasteiger partial charge in [-0.15, -0.1) is 0 Å². The second kappa shape index (κ2) is 4.65. The van der Waals surface area contributed by atoms with Crippen LogP contribution in [0.3, 0.4) is 0 Å². The second-order valence-electron chi connectivity index (χ2n) is 8.54. The fraction of sp³-hybridized carbons (Fsp3) is 0.722. The zero-order valence-electron chi connectivity index (χ0n) is 14.4. The SMILES string of the molecule is CN(C)Cc1[cH-]ccc1B1OC2CC3CC(C3(C)C)C2(C)O1. The predicted molar refractivity (Wildman–Crippen MR) is 89.2 cm³/mol. The third kappa shape index (κ3) is 1.90. The summed E-state index contributed by atoms with van der Waals surface area (Å²) in [7, 11) is 4.02. The molecule has 4 fully saturated rings. The highest BCUT2D eigenvalue weighted by molar-refractivity contribution is 6.62. The van der Waals surface area contributed by atoms with E-state index in [1.807, 2.05) is 0 Å². The van der Waals surface area contributed by atoms with Crippen LogP contribution in [0.15, 0.2) is 18.2 Å². The van der Waals surface area contributed by atoms with Crippen molar-refractivity contribution in [3.05, 3.63) is 23.8 Å². The minimum Gasteiger partial charge on any atom is -0.413 e. The zero-order valence-corrected chi connectivity index (χ0v) is 14.4. The highest BCUT2D eigenvalue weighted by Gasteiger charge is 2.67. The average Bonchev–Trinajstić information content (AvgIpc) is 2.99. The Hall–Kier alpha value is -0.705. The van der Waals surface area contributed by atoms with Crippen LogP contribution in [-0.4, -0.2) is 37.8 Å². The monoisotopic (exact) mass is 300 g/mol. The molecule has 1 aliphatic heterocycles. The van der Waals surface area contributed by atoms with Crippen molar-refractivity contribution < 1.29 is 9.31 Å². The molecule has 4 heteroatoms. The molecule has 0 amide bonds. The zero-order chi connectivity index (χ0) is 15.7. The van der Waals surface area contributed by atoms with E-state index in [2.05, 4.69) is 58.0 Å². The topological polar surface area (TPSA) is 21.7 Å². The van der Waals surface area contributed by atoms with Gasteiger partial charge in [-0.3, -0.25) is 0 Å². The first kappa shape index (κ1) is 14.9. The molecule has 3 saturated carbocycles. The lowest BCUT2D eigenvalue weighted by atomic mass is 9.43. The number of rotatable bonds is 3. The van der Waals surface area contributed by atoms with E-state index in [0.29, 0.717) is 11.3 Å². The molecule has 0 radical (unpaired) electrons. The van der Waals surface area contributed by atoms with Gasteiger partial charge in [0, 0.05) is 0 Å². The molecular weight excluding hydrogens is 273 g/mol. The van der Waals surface area contributed by atoms with Crippen LogP contribution in [0.4, 0.5) is 0 Å². The van der Waals surface area contributed by atoms with Gasteiger partial charge in [0.25, 0.3) is 0 Å². The Morgan fingerprint density at radius 2 is 2.09 bits per heavy atom. The predicted octanol–water partition coefficient (Wildman–Crippen LogP) is 2.40. The smallest absolute Gasteiger partial charge is 0.407 e. The molecule has 3 aliphatic carbocycles. The maximum atomic E-state index is 6.56. The molecule has 1 aromatic rings. The van der Waals surface area contributed by atoms with Gasteiger partial charge in [-0.25, -0.2) is 6.07 Å². The molecule has 1 aromatic carbocycles. The fourth-order valence-electron chi connectivity index (χ4n) is 5.18. The van der Waals surface area contributed by atoms with Crippen molar-refractivity contribution in [2.45, 2.75) is 51.9 Å². The van der Waals surface area contributed by atoms with Crippen molar-refractivity contribution >= 4 is 12.6 Å². The molecule has 0 N–H and O–H groups in total. The Morgan fingerprint density at radius 1 is 1.32 bits per heavy atom. The Morgan fingerprint density at radius 3 is 2.77 bits per heavy atom. The largest absolute Gasteiger partial charge is 0.413 e. The first-order valence-corrected chi connectivity index (χ1v) is 8.55. The van der Waals surface area contributed by atoms with E-state index in [1.54, 1.807) is 0 Å². The van der Waals surface area contributed by atoms with Gasteiger partial charge in [0.1, 0.15) is 0 Å². The first-order valence-electron chi connectivity index (χ1n) is 8.55. The van der Waals surface area contributed by atoms with Gasteiger partial charge >= 0.3 is 7.12 Å². The van der Waals surface area contributed by atoms with Crippen molar-refractivity contribution in [2.24, 2.45) is 17.3 Å². The minimum atomic E-state index is -0.185. The number of nitrogens with zero attached hydrogens (tertiary/aromatic N) is 1. The van der Waals surface area contributed by atoms with Gasteiger partial charge in [0.2, 0.25) is 0 Å². The maximum Gasteiger partial charge on any atom is 0.407 e. The Balaban J connectivity index is 1.59. The van der Waals surface area contributed by atoms with E-state index >= 15 is 0 Å². The van der Waals surface area contributed by atoms with Crippen LogP contribution in [0.2, 0.25) is 0 Å². The molecule has 0 aromatic heterocycles. The molecular formula is C18H27BNO2-. The maximum absolute atomic E-state index is 6.56. The lowest BCUT2D eigenvalue weighted by molar-refractivity contribution is -0.199. The highest BCUT2D eigenvalue weighted by atomic mass is 16.7. The summed E-state index contributed by atoms with van der Waals surface area (Å²) in [6.07, 6.45) is 2.72. The molecule has 4 atom stereocenters. The molecule has 2 bridgehead atoms. The summed E-state index contributed by atoms with van der Waals surface area (Å²) in [5.74, 6) is 1.43. The summed E-state index contributed by atoms with van der Waals surface area (Å²) < 4.78 is 13.0. The lowest BCUT2D eigenvalue weighted by Gasteiger charge is -2.64. The van der Waals surface area contributed by atoms with Crippen molar-refractivity contribution in [2.75, 3.05) is 14.1 Å². The van der Waals surface area contributed by atoms with Gasteiger partial charge in [-0.1, -0.05) is 13.8 Å². The summed E-state index contributed by atoms with van der Waals surface area (Å²) in [4.78, 5) is 2.20. The second-order valence-corrected chi connectivity index (χ2v) is 8.54. The third-order valence-electron chi connectivity index (χ3n) is 6.63. The summed E-state index contributed by atoms with van der Waals surface area (Å²) in [6, 6.07) is 6.48. The van der Waals surface area contributed by atoms with Gasteiger partial charge in [0.15, 0.2) is 0 Å². The molecule has 120 valence electrons. The van der Waals surface area contributed by atoms with Gasteiger partial charge < -0.3 is 14.2 Å². The number of hydrogen-bond donors (Lipinski definition) is 0. The minimum absolute atomic E-state index is 0.116. The van der Waals surface area contributed by atoms with Crippen LogP contribution in [0, 0.1) is 17.3 Å². The van der Waals surface area contributed by atoms with E-state index in [0.717, 1.165) is 18.9 Å². The Kier molecular flexibility index (Phi) is 3.14. The van der Waals surface area contributed by atoms with Crippen LogP contribution >= 0.6 is 0 Å². The molecule has 4 unspecified atom stereocenters.